The minimum atomic E-state index is 0.142. The Bertz CT molecular complexity index is 242. The van der Waals surface area contributed by atoms with Gasteiger partial charge in [-0.05, 0) is 13.8 Å². The Kier molecular flexibility index (Phi) is 2.29. The molecule has 0 aliphatic carbocycles. The second kappa shape index (κ2) is 3.05. The van der Waals surface area contributed by atoms with Crippen LogP contribution in [0.25, 0.3) is 0 Å². The number of ether oxygens (including phenoxy) is 1. The lowest BCUT2D eigenvalue weighted by Gasteiger charge is -2.07. The third-order valence-corrected chi connectivity index (χ3v) is 2.06. The van der Waals surface area contributed by atoms with Crippen LogP contribution in [0.2, 0.25) is 0 Å². The van der Waals surface area contributed by atoms with Gasteiger partial charge < -0.3 is 4.74 Å². The number of rotatable bonds is 2. The predicted octanol–water partition coefficient (Wildman–Crippen LogP) is 1.44. The van der Waals surface area contributed by atoms with E-state index >= 15 is 0 Å². The van der Waals surface area contributed by atoms with Crippen LogP contribution in [0.4, 0.5) is 0 Å². The first kappa shape index (κ1) is 8.27. The van der Waals surface area contributed by atoms with Gasteiger partial charge in [-0.3, -0.25) is 4.68 Å². The van der Waals surface area contributed by atoms with Crippen LogP contribution in [0.15, 0.2) is 6.20 Å². The molecule has 0 aliphatic heterocycles. The van der Waals surface area contributed by atoms with Crippen LogP contribution in [-0.4, -0.2) is 16.9 Å². The number of nitrogens with zero attached hydrogens (tertiary/aromatic N) is 2. The molecule has 1 heterocycles. The summed E-state index contributed by atoms with van der Waals surface area (Å²) in [5, 5.41) is 4.12. The Morgan fingerprint density at radius 3 is 2.64 bits per heavy atom. The van der Waals surface area contributed by atoms with Crippen LogP contribution >= 0.6 is 0 Å². The quantitative estimate of drug-likeness (QED) is 0.644. The molecule has 0 aromatic carbocycles. The standard InChI is InChI=1S/C8H14N2O/c1-6-8(7(2)11-4)5-9-10(6)3/h5,7H,1-4H3/t7-/m1/s1. The maximum atomic E-state index is 5.18. The minimum Gasteiger partial charge on any atom is -0.377 e. The average molecular weight is 154 g/mol. The molecule has 0 saturated carbocycles. The van der Waals surface area contributed by atoms with Gasteiger partial charge in [-0.2, -0.15) is 5.10 Å². The van der Waals surface area contributed by atoms with E-state index in [1.807, 2.05) is 31.8 Å². The van der Waals surface area contributed by atoms with Crippen molar-refractivity contribution in [2.45, 2.75) is 20.0 Å². The Morgan fingerprint density at radius 1 is 1.64 bits per heavy atom. The Balaban J connectivity index is 2.94. The molecule has 0 amide bonds. The van der Waals surface area contributed by atoms with Gasteiger partial charge in [-0.15, -0.1) is 0 Å². The topological polar surface area (TPSA) is 27.1 Å². The summed E-state index contributed by atoms with van der Waals surface area (Å²) in [6.07, 6.45) is 1.99. The normalized spacial score (nSPS) is 13.5. The lowest BCUT2D eigenvalue weighted by molar-refractivity contribution is 0.119. The van der Waals surface area contributed by atoms with Crippen LogP contribution in [0.5, 0.6) is 0 Å². The highest BCUT2D eigenvalue weighted by molar-refractivity contribution is 5.18. The fourth-order valence-corrected chi connectivity index (χ4v) is 1.04. The monoisotopic (exact) mass is 154 g/mol. The first-order valence-electron chi connectivity index (χ1n) is 3.68. The summed E-state index contributed by atoms with van der Waals surface area (Å²) < 4.78 is 7.03. The largest absolute Gasteiger partial charge is 0.377 e. The Labute approximate surface area is 67.0 Å². The van der Waals surface area contributed by atoms with Crippen molar-refractivity contribution in [1.29, 1.82) is 0 Å². The molecule has 0 saturated heterocycles. The van der Waals surface area contributed by atoms with E-state index in [2.05, 4.69) is 5.10 Å². The number of aryl methyl sites for hydroxylation is 1. The molecule has 3 nitrogen and oxygen atoms in total. The van der Waals surface area contributed by atoms with Crippen LogP contribution in [0, 0.1) is 6.92 Å². The highest BCUT2D eigenvalue weighted by Crippen LogP contribution is 2.18. The zero-order valence-electron chi connectivity index (χ0n) is 7.46. The molecule has 0 aliphatic rings. The molecule has 0 N–H and O–H groups in total. The van der Waals surface area contributed by atoms with Crippen molar-refractivity contribution in [3.8, 4) is 0 Å². The number of hydrogen-bond donors (Lipinski definition) is 0. The molecule has 1 atom stereocenters. The highest BCUT2D eigenvalue weighted by atomic mass is 16.5. The number of aromatic nitrogens is 2. The maximum Gasteiger partial charge on any atom is 0.0826 e. The minimum absolute atomic E-state index is 0.142. The van der Waals surface area contributed by atoms with Gasteiger partial charge in [0, 0.05) is 25.4 Å². The van der Waals surface area contributed by atoms with E-state index in [-0.39, 0.29) is 6.10 Å². The maximum absolute atomic E-state index is 5.18. The lowest BCUT2D eigenvalue weighted by atomic mass is 10.2. The van der Waals surface area contributed by atoms with Crippen molar-refractivity contribution in [3.05, 3.63) is 17.5 Å². The summed E-state index contributed by atoms with van der Waals surface area (Å²) in [5.41, 5.74) is 2.33. The van der Waals surface area contributed by atoms with Crippen molar-refractivity contribution in [2.24, 2.45) is 7.05 Å². The second-order valence-electron chi connectivity index (χ2n) is 2.69. The van der Waals surface area contributed by atoms with Gasteiger partial charge in [0.2, 0.25) is 0 Å². The molecule has 3 heteroatoms. The molecule has 62 valence electrons. The van der Waals surface area contributed by atoms with Gasteiger partial charge in [0.05, 0.1) is 12.3 Å². The van der Waals surface area contributed by atoms with Crippen LogP contribution in [0.3, 0.4) is 0 Å². The molecule has 0 fully saturated rings. The van der Waals surface area contributed by atoms with Crippen LogP contribution in [-0.2, 0) is 11.8 Å². The van der Waals surface area contributed by atoms with E-state index < -0.39 is 0 Å². The molecule has 0 bridgehead atoms. The van der Waals surface area contributed by atoms with Crippen molar-refractivity contribution < 1.29 is 4.74 Å². The average Bonchev–Trinajstić information content (AvgIpc) is 2.32. The van der Waals surface area contributed by atoms with E-state index in [9.17, 15) is 0 Å². The molecule has 1 aromatic heterocycles. The first-order chi connectivity index (χ1) is 5.16. The predicted molar refractivity (Wildman–Crippen MR) is 43.4 cm³/mol. The zero-order chi connectivity index (χ0) is 8.43. The van der Waals surface area contributed by atoms with Crippen LogP contribution < -0.4 is 0 Å². The molecule has 0 spiro atoms. The van der Waals surface area contributed by atoms with Crippen molar-refractivity contribution >= 4 is 0 Å². The highest BCUT2D eigenvalue weighted by Gasteiger charge is 2.09. The van der Waals surface area contributed by atoms with Crippen molar-refractivity contribution in [2.75, 3.05) is 7.11 Å². The van der Waals surface area contributed by atoms with Crippen LogP contribution in [0.1, 0.15) is 24.3 Å². The lowest BCUT2D eigenvalue weighted by Crippen LogP contribution is -1.98. The molecule has 0 radical (unpaired) electrons. The van der Waals surface area contributed by atoms with Gasteiger partial charge in [-0.1, -0.05) is 0 Å². The van der Waals surface area contributed by atoms with Gasteiger partial charge in [-0.25, -0.2) is 0 Å². The van der Waals surface area contributed by atoms with Gasteiger partial charge >= 0.3 is 0 Å². The number of methoxy groups -OCH3 is 1. The summed E-state index contributed by atoms with van der Waals surface area (Å²) >= 11 is 0. The Hall–Kier alpha value is -0.830. The summed E-state index contributed by atoms with van der Waals surface area (Å²) in [4.78, 5) is 0. The molecular weight excluding hydrogens is 140 g/mol. The zero-order valence-corrected chi connectivity index (χ0v) is 7.46. The first-order valence-corrected chi connectivity index (χ1v) is 3.68. The summed E-state index contributed by atoms with van der Waals surface area (Å²) in [7, 11) is 3.64. The van der Waals surface area contributed by atoms with E-state index in [0.717, 1.165) is 5.56 Å². The summed E-state index contributed by atoms with van der Waals surface area (Å²) in [6, 6.07) is 0. The smallest absolute Gasteiger partial charge is 0.0826 e. The van der Waals surface area contributed by atoms with E-state index in [1.165, 1.54) is 5.69 Å². The third-order valence-electron chi connectivity index (χ3n) is 2.06. The number of hydrogen-bond acceptors (Lipinski definition) is 2. The van der Waals surface area contributed by atoms with E-state index in [4.69, 9.17) is 4.74 Å². The molecule has 0 unspecified atom stereocenters. The summed E-state index contributed by atoms with van der Waals surface area (Å²) in [6.45, 7) is 4.06. The Morgan fingerprint density at radius 2 is 2.27 bits per heavy atom. The summed E-state index contributed by atoms with van der Waals surface area (Å²) in [5.74, 6) is 0. The SMILES string of the molecule is CO[C@H](C)c1cnn(C)c1C. The molecule has 1 rings (SSSR count). The van der Waals surface area contributed by atoms with Gasteiger partial charge in [0.1, 0.15) is 0 Å². The molecule has 1 aromatic rings. The van der Waals surface area contributed by atoms with Gasteiger partial charge in [0.15, 0.2) is 0 Å². The van der Waals surface area contributed by atoms with Gasteiger partial charge in [0.25, 0.3) is 0 Å². The fraction of sp³-hybridized carbons (Fsp3) is 0.625. The molecule has 11 heavy (non-hydrogen) atoms. The fourth-order valence-electron chi connectivity index (χ4n) is 1.04. The van der Waals surface area contributed by atoms with Crippen molar-refractivity contribution in [1.82, 2.24) is 9.78 Å². The third kappa shape index (κ3) is 1.43. The van der Waals surface area contributed by atoms with E-state index in [1.54, 1.807) is 7.11 Å². The second-order valence-corrected chi connectivity index (χ2v) is 2.69. The van der Waals surface area contributed by atoms with Crippen molar-refractivity contribution in [3.63, 3.8) is 0 Å². The van der Waals surface area contributed by atoms with E-state index in [0.29, 0.717) is 0 Å². The molecular formula is C8H14N2O.